The number of carbonyl (C=O) groups is 3. The summed E-state index contributed by atoms with van der Waals surface area (Å²) in [6.07, 6.45) is 2.39. The van der Waals surface area contributed by atoms with Crippen LogP contribution in [0, 0.1) is 23.2 Å². The molecule has 0 amide bonds. The SMILES string of the molecule is CC(C)(C)CNc1nc(CF)c(-c2nc3ccccc3s2)c(N[C@@H]2C[C@H](CO)[C@@H](O)[C@H]2O)n1.CCOC(=O)CF.CCOC(=O)OC(=O)CF.CSc1nc(CF)c(I)c(=O)[nH]1.CSc1nc(CF)cc(=O)[nH]1.CSc1nc(Cl)c(I)c(CF)n1.O=c1cc(CF)[nH]c(=S)[nH]1. The molecule has 0 bridgehead atoms. The molecule has 0 spiro atoms. The second-order valence-electron chi connectivity index (χ2n) is 19.4. The Morgan fingerprint density at radius 1 is 0.737 bits per heavy atom. The van der Waals surface area contributed by atoms with E-state index in [2.05, 4.69) is 113 Å². The van der Waals surface area contributed by atoms with Crippen LogP contribution in [0.15, 0.2) is 66.3 Å². The Bertz CT molecular complexity index is 3730. The molecule has 6 aromatic heterocycles. The molecule has 0 aliphatic heterocycles. The molecule has 0 unspecified atom stereocenters. The van der Waals surface area contributed by atoms with E-state index in [1.807, 2.05) is 53.1 Å². The Labute approximate surface area is 592 Å². The third-order valence-electron chi connectivity index (χ3n) is 11.2. The van der Waals surface area contributed by atoms with Crippen molar-refractivity contribution in [3.05, 3.63) is 113 Å². The topological polar surface area (TPSA) is 368 Å². The number of esters is 2. The zero-order valence-corrected chi connectivity index (χ0v) is 60.9. The number of thioether (sulfide) groups is 3. The van der Waals surface area contributed by atoms with Gasteiger partial charge in [-0.3, -0.25) is 19.4 Å². The summed E-state index contributed by atoms with van der Waals surface area (Å²) in [5.74, 6) is -1.87. The van der Waals surface area contributed by atoms with Gasteiger partial charge in [-0.2, -0.15) is 4.98 Å². The van der Waals surface area contributed by atoms with Gasteiger partial charge in [0.2, 0.25) is 5.95 Å². The van der Waals surface area contributed by atoms with Gasteiger partial charge in [-0.1, -0.05) is 79.8 Å². The molecular formula is C55H67ClF7I2N13O12S5. The average Bonchev–Trinajstić information content (AvgIpc) is 1.72. The third-order valence-corrected chi connectivity index (χ3v) is 17.0. The van der Waals surface area contributed by atoms with Crippen LogP contribution in [0.3, 0.4) is 0 Å². The maximum Gasteiger partial charge on any atom is 0.516 e. The number of carbonyl (C=O) groups excluding carboxylic acids is 3. The van der Waals surface area contributed by atoms with Gasteiger partial charge in [-0.05, 0) is 114 Å². The number of halogens is 10. The van der Waals surface area contributed by atoms with Gasteiger partial charge < -0.3 is 55.1 Å². The highest BCUT2D eigenvalue weighted by molar-refractivity contribution is 14.1. The molecule has 4 atom stereocenters. The summed E-state index contributed by atoms with van der Waals surface area (Å²) in [5, 5.41) is 39.0. The largest absolute Gasteiger partial charge is 0.516 e. The van der Waals surface area contributed by atoms with Crippen LogP contribution in [0.5, 0.6) is 0 Å². The lowest BCUT2D eigenvalue weighted by Crippen LogP contribution is -2.36. The number of hydrogen-bond acceptors (Lipinski definition) is 26. The maximum absolute atomic E-state index is 14.2. The van der Waals surface area contributed by atoms with Crippen molar-refractivity contribution in [2.75, 3.05) is 69.1 Å². The first-order valence-corrected chi connectivity index (χ1v) is 34.7. The maximum atomic E-state index is 14.2. The van der Waals surface area contributed by atoms with Crippen LogP contribution in [0.25, 0.3) is 20.8 Å². The van der Waals surface area contributed by atoms with Crippen LogP contribution >= 0.6 is 116 Å². The van der Waals surface area contributed by atoms with Gasteiger partial charge >= 0.3 is 18.1 Å². The number of aromatic nitrogens is 11. The minimum atomic E-state index is -1.32. The molecule has 1 aliphatic carbocycles. The molecule has 95 heavy (non-hydrogen) atoms. The van der Waals surface area contributed by atoms with E-state index in [9.17, 15) is 74.8 Å². The van der Waals surface area contributed by atoms with Crippen molar-refractivity contribution >= 4 is 156 Å². The van der Waals surface area contributed by atoms with Crippen molar-refractivity contribution in [2.45, 2.75) is 108 Å². The fourth-order valence-corrected chi connectivity index (χ4v) is 10.4. The van der Waals surface area contributed by atoms with Crippen molar-refractivity contribution in [1.82, 2.24) is 54.8 Å². The summed E-state index contributed by atoms with van der Waals surface area (Å²) < 4.78 is 99.2. The number of benzene rings is 1. The second kappa shape index (κ2) is 45.0. The molecule has 0 saturated heterocycles. The number of ether oxygens (including phenoxy) is 3. The number of rotatable bonds is 18. The number of aromatic amines is 4. The summed E-state index contributed by atoms with van der Waals surface area (Å²) in [5.41, 5.74) is 1.37. The van der Waals surface area contributed by atoms with E-state index < -0.39 is 89.0 Å². The molecule has 40 heteroatoms. The molecule has 1 fully saturated rings. The Balaban J connectivity index is 0.000000414. The zero-order chi connectivity index (χ0) is 71.5. The number of nitrogens with zero attached hydrogens (tertiary/aromatic N) is 7. The Morgan fingerprint density at radius 3 is 1.86 bits per heavy atom. The van der Waals surface area contributed by atoms with Crippen molar-refractivity contribution < 1.29 is 74.6 Å². The molecule has 8 rings (SSSR count). The third kappa shape index (κ3) is 30.3. The number of H-pyrrole nitrogens is 4. The van der Waals surface area contributed by atoms with Gasteiger partial charge in [-0.15, -0.1) is 11.3 Å². The molecular weight excluding hydrogens is 1620 g/mol. The lowest BCUT2D eigenvalue weighted by atomic mass is 9.97. The van der Waals surface area contributed by atoms with Crippen LogP contribution < -0.4 is 27.3 Å². The standard InChI is InChI=1S/C23H30FN5O3S.C6H5ClFIN2S.C6H6FIN2OS.C6H7FN2OS.C5H5FN2OS.C5H7FO4.C4H7FO2/c1-23(2,3)11-25-22-28-15(9-24)17(21-27-13-6-4-5-7-16(13)33-21)20(29-22)26-14-8-12(10-30)18(31)19(14)32;1-12-6-10-3(2-8)4(9)5(7)11-6;1-12-6-9-3(2-7)4(8)5(11)10-6;1-11-6-8-4(3-7)2-5(10)9-6;6-2-3-1-4(9)8-5(10)7-3;1-2-9-5(8)10-4(7)3-6;1-2-7-4(6)3-5/h4-7,12,14,18-19,30-32H,8-11H2,1-3H3,(H2,25,26,28,29);2H2,1H3;2H2,1H3,(H,9,10,11);2H,3H2,1H3,(H,8,9,10);1H,2H2,(H2,7,8,9,10);2-3H2,1H3;2-3H2,1H3/t12-,14-,18-,19+;;;;;;/m1....../s1. The smallest absolute Gasteiger partial charge is 0.464 e. The van der Waals surface area contributed by atoms with Crippen molar-refractivity contribution in [3.63, 3.8) is 0 Å². The molecule has 1 aromatic carbocycles. The van der Waals surface area contributed by atoms with Crippen LogP contribution in [0.4, 0.5) is 47.3 Å². The highest BCUT2D eigenvalue weighted by atomic mass is 127. The van der Waals surface area contributed by atoms with Gasteiger partial charge in [0.1, 0.15) is 59.0 Å². The number of thiazole rings is 1. The Morgan fingerprint density at radius 2 is 1.35 bits per heavy atom. The molecule has 9 N–H and O–H groups in total. The number of hydrogen-bond donors (Lipinski definition) is 9. The summed E-state index contributed by atoms with van der Waals surface area (Å²) in [4.78, 5) is 101. The minimum Gasteiger partial charge on any atom is -0.464 e. The normalized spacial score (nSPS) is 14.4. The van der Waals surface area contributed by atoms with E-state index in [4.69, 9.17) is 11.6 Å². The molecule has 25 nitrogen and oxygen atoms in total. The number of nitrogens with one attached hydrogen (secondary N) is 6. The lowest BCUT2D eigenvalue weighted by Gasteiger charge is -2.23. The summed E-state index contributed by atoms with van der Waals surface area (Å²) in [6, 6.07) is 9.37. The van der Waals surface area contributed by atoms with Crippen molar-refractivity contribution in [3.8, 4) is 10.6 Å². The van der Waals surface area contributed by atoms with Gasteiger partial charge in [0.05, 0.1) is 73.2 Å². The monoisotopic (exact) mass is 1680 g/mol. The molecule has 1 saturated carbocycles. The quantitative estimate of drug-likeness (QED) is 0.00563. The summed E-state index contributed by atoms with van der Waals surface area (Å²) in [7, 11) is 0. The van der Waals surface area contributed by atoms with Crippen LogP contribution in [-0.2, 0) is 57.2 Å². The number of aliphatic hydroxyl groups is 3. The van der Waals surface area contributed by atoms with E-state index in [-0.39, 0.29) is 75.4 Å². The van der Waals surface area contributed by atoms with Gasteiger partial charge in [0, 0.05) is 31.2 Å². The highest BCUT2D eigenvalue weighted by Gasteiger charge is 2.42. The number of aliphatic hydroxyl groups excluding tert-OH is 3. The molecule has 0 radical (unpaired) electrons. The Hall–Kier alpha value is -5.67. The van der Waals surface area contributed by atoms with Crippen LogP contribution in [-0.4, -0.2) is 165 Å². The number of para-hydroxylation sites is 1. The first kappa shape index (κ1) is 85.4. The lowest BCUT2D eigenvalue weighted by molar-refractivity contribution is -0.144. The first-order valence-electron chi connectivity index (χ1n) is 27.3. The molecule has 7 aromatic rings. The molecule has 6 heterocycles. The predicted molar refractivity (Wildman–Crippen MR) is 369 cm³/mol. The number of alkyl halides is 7. The number of anilines is 2. The highest BCUT2D eigenvalue weighted by Crippen LogP contribution is 2.39. The van der Waals surface area contributed by atoms with E-state index in [1.165, 1.54) is 46.6 Å². The zero-order valence-electron chi connectivity index (χ0n) is 51.7. The van der Waals surface area contributed by atoms with Gasteiger partial charge in [-0.25, -0.2) is 75.0 Å². The van der Waals surface area contributed by atoms with Crippen LogP contribution in [0.1, 0.15) is 69.5 Å². The van der Waals surface area contributed by atoms with E-state index in [1.54, 1.807) is 48.9 Å². The Kier molecular flexibility index (Phi) is 40.5. The second-order valence-corrected chi connectivity index (χ2v) is 25.7. The molecule has 1 aliphatic rings. The minimum absolute atomic E-state index is 0.0430. The van der Waals surface area contributed by atoms with Gasteiger partial charge in [0.15, 0.2) is 33.6 Å². The van der Waals surface area contributed by atoms with Gasteiger partial charge in [0.25, 0.3) is 16.7 Å². The van der Waals surface area contributed by atoms with E-state index in [0.29, 0.717) is 62.8 Å². The van der Waals surface area contributed by atoms with E-state index in [0.717, 1.165) is 22.3 Å². The first-order chi connectivity index (χ1) is 45.1. The number of fused-ring (bicyclic) bond motifs is 1. The van der Waals surface area contributed by atoms with Crippen LogP contribution in [0.2, 0.25) is 5.15 Å². The van der Waals surface area contributed by atoms with Crippen molar-refractivity contribution in [2.24, 2.45) is 11.3 Å². The van der Waals surface area contributed by atoms with E-state index >= 15 is 0 Å². The summed E-state index contributed by atoms with van der Waals surface area (Å²) in [6.45, 7) is 4.20. The molecule has 524 valence electrons. The summed E-state index contributed by atoms with van der Waals surface area (Å²) >= 11 is 19.3. The van der Waals surface area contributed by atoms with Crippen molar-refractivity contribution in [1.29, 1.82) is 0 Å². The fraction of sp³-hybridized carbons (Fsp3) is 0.455. The predicted octanol–water partition coefficient (Wildman–Crippen LogP) is 10.7. The fourth-order valence-electron chi connectivity index (χ4n) is 6.96. The average molecular weight is 1680 g/mol.